The topological polar surface area (TPSA) is 77.4 Å². The van der Waals surface area contributed by atoms with Crippen LogP contribution >= 0.6 is 23.5 Å². The maximum absolute atomic E-state index is 10.8. The summed E-state index contributed by atoms with van der Waals surface area (Å²) >= 11 is 2.67. The minimum absolute atomic E-state index is 0.00566. The number of thioether (sulfide) groups is 2. The highest BCUT2D eigenvalue weighted by atomic mass is 32.2. The SMILES string of the molecule is COCSc1ccc(OC)c(-c2c(OC)ccc(SCOC)c2O)c1O. The van der Waals surface area contributed by atoms with E-state index in [4.69, 9.17) is 18.9 Å². The molecule has 0 spiro atoms. The summed E-state index contributed by atoms with van der Waals surface area (Å²) in [5.74, 6) is 1.60. The molecule has 0 saturated carbocycles. The number of aromatic hydroxyl groups is 2. The van der Waals surface area contributed by atoms with Gasteiger partial charge in [0.1, 0.15) is 23.0 Å². The quantitative estimate of drug-likeness (QED) is 0.481. The number of phenols is 2. The van der Waals surface area contributed by atoms with E-state index in [0.717, 1.165) is 0 Å². The van der Waals surface area contributed by atoms with Crippen LogP contribution < -0.4 is 9.47 Å². The van der Waals surface area contributed by atoms with Gasteiger partial charge in [-0.05, 0) is 24.3 Å². The number of rotatable bonds is 9. The van der Waals surface area contributed by atoms with Gasteiger partial charge in [-0.2, -0.15) is 0 Å². The first-order valence-corrected chi connectivity index (χ1v) is 9.59. The van der Waals surface area contributed by atoms with Crippen LogP contribution in [0.3, 0.4) is 0 Å². The lowest BCUT2D eigenvalue weighted by Crippen LogP contribution is -1.96. The predicted molar refractivity (Wildman–Crippen MR) is 104 cm³/mol. The first kappa shape index (κ1) is 20.6. The molecule has 0 aliphatic rings. The highest BCUT2D eigenvalue weighted by Crippen LogP contribution is 2.52. The zero-order chi connectivity index (χ0) is 19.1. The predicted octanol–water partition coefficient (Wildman–Crippen LogP) is 4.17. The summed E-state index contributed by atoms with van der Waals surface area (Å²) in [6.45, 7) is 0. The first-order valence-electron chi connectivity index (χ1n) is 7.62. The van der Waals surface area contributed by atoms with Crippen LogP contribution in [0.25, 0.3) is 11.1 Å². The van der Waals surface area contributed by atoms with E-state index < -0.39 is 0 Å². The van der Waals surface area contributed by atoms with Crippen LogP contribution in [0, 0.1) is 0 Å². The van der Waals surface area contributed by atoms with E-state index in [1.54, 1.807) is 38.5 Å². The third-order valence-corrected chi connectivity index (χ3v) is 5.55. The molecule has 0 atom stereocenters. The van der Waals surface area contributed by atoms with Gasteiger partial charge >= 0.3 is 0 Å². The van der Waals surface area contributed by atoms with Crippen molar-refractivity contribution in [2.45, 2.75) is 9.79 Å². The van der Waals surface area contributed by atoms with Crippen LogP contribution in [0.15, 0.2) is 34.1 Å². The van der Waals surface area contributed by atoms with Crippen molar-refractivity contribution in [2.24, 2.45) is 0 Å². The van der Waals surface area contributed by atoms with Gasteiger partial charge in [-0.1, -0.05) is 23.5 Å². The van der Waals surface area contributed by atoms with Gasteiger partial charge in [0.25, 0.3) is 0 Å². The first-order chi connectivity index (χ1) is 12.6. The second kappa shape index (κ2) is 9.82. The van der Waals surface area contributed by atoms with Crippen molar-refractivity contribution in [2.75, 3.05) is 40.3 Å². The average molecular weight is 399 g/mol. The molecule has 0 saturated heterocycles. The molecule has 2 aromatic rings. The van der Waals surface area contributed by atoms with Crippen molar-refractivity contribution in [3.63, 3.8) is 0 Å². The Morgan fingerprint density at radius 3 is 1.38 bits per heavy atom. The van der Waals surface area contributed by atoms with Gasteiger partial charge < -0.3 is 29.2 Å². The van der Waals surface area contributed by atoms with Gasteiger partial charge in [-0.15, -0.1) is 0 Å². The monoisotopic (exact) mass is 398 g/mol. The number of phenolic OH excluding ortho intramolecular Hbond substituents is 2. The Labute approximate surface area is 161 Å². The van der Waals surface area contributed by atoms with E-state index in [1.807, 2.05) is 0 Å². The van der Waals surface area contributed by atoms with Crippen molar-refractivity contribution < 1.29 is 29.2 Å². The standard InChI is InChI=1S/C18H22O6S2/c1-21-9-25-13-7-5-11(23-3)15(17(13)19)16-12(24-4)6-8-14(18(16)20)26-10-22-2/h5-8,19-20H,9-10H2,1-4H3. The molecule has 142 valence electrons. The lowest BCUT2D eigenvalue weighted by Gasteiger charge is -2.18. The average Bonchev–Trinajstić information content (AvgIpc) is 2.66. The van der Waals surface area contributed by atoms with Crippen molar-refractivity contribution in [1.82, 2.24) is 0 Å². The van der Waals surface area contributed by atoms with E-state index in [1.165, 1.54) is 37.7 Å². The number of hydrogen-bond acceptors (Lipinski definition) is 8. The minimum atomic E-state index is -0.00566. The Bertz CT molecular complexity index is 687. The zero-order valence-corrected chi connectivity index (χ0v) is 16.7. The summed E-state index contributed by atoms with van der Waals surface area (Å²) in [7, 11) is 6.18. The van der Waals surface area contributed by atoms with E-state index in [0.29, 0.717) is 44.3 Å². The van der Waals surface area contributed by atoms with Crippen LogP contribution in [0.4, 0.5) is 0 Å². The van der Waals surface area contributed by atoms with Gasteiger partial charge in [0.2, 0.25) is 0 Å². The largest absolute Gasteiger partial charge is 0.506 e. The maximum atomic E-state index is 10.8. The number of ether oxygens (including phenoxy) is 4. The molecule has 2 rings (SSSR count). The molecule has 0 unspecified atom stereocenters. The summed E-state index contributed by atoms with van der Waals surface area (Å²) in [4.78, 5) is 1.22. The van der Waals surface area contributed by atoms with Crippen molar-refractivity contribution in [1.29, 1.82) is 0 Å². The molecule has 2 aromatic carbocycles. The normalized spacial score (nSPS) is 10.8. The molecule has 0 aliphatic heterocycles. The van der Waals surface area contributed by atoms with Gasteiger partial charge in [0.15, 0.2) is 0 Å². The Balaban J connectivity index is 2.68. The molecule has 0 aromatic heterocycles. The Morgan fingerprint density at radius 2 is 1.08 bits per heavy atom. The summed E-state index contributed by atoms with van der Waals surface area (Å²) in [5, 5.41) is 21.7. The summed E-state index contributed by atoms with van der Waals surface area (Å²) in [6, 6.07) is 6.96. The maximum Gasteiger partial charge on any atom is 0.141 e. The Morgan fingerprint density at radius 1 is 0.692 bits per heavy atom. The van der Waals surface area contributed by atoms with Crippen LogP contribution in [-0.4, -0.2) is 50.5 Å². The Hall–Kier alpha value is -1.74. The van der Waals surface area contributed by atoms with E-state index >= 15 is 0 Å². The van der Waals surface area contributed by atoms with E-state index in [2.05, 4.69) is 0 Å². The molecular formula is C18H22O6S2. The van der Waals surface area contributed by atoms with Crippen LogP contribution in [0.1, 0.15) is 0 Å². The van der Waals surface area contributed by atoms with Crippen molar-refractivity contribution in [3.8, 4) is 34.1 Å². The third-order valence-electron chi connectivity index (χ3n) is 3.56. The third kappa shape index (κ3) is 4.32. The van der Waals surface area contributed by atoms with Crippen molar-refractivity contribution in [3.05, 3.63) is 24.3 Å². The molecule has 26 heavy (non-hydrogen) atoms. The fourth-order valence-corrected chi connectivity index (χ4v) is 3.70. The summed E-state index contributed by atoms with van der Waals surface area (Å²) < 4.78 is 21.0. The fraction of sp³-hybridized carbons (Fsp3) is 0.333. The molecular weight excluding hydrogens is 376 g/mol. The number of hydrogen-bond donors (Lipinski definition) is 2. The molecule has 0 aliphatic carbocycles. The smallest absolute Gasteiger partial charge is 0.141 e. The second-order valence-corrected chi connectivity index (χ2v) is 7.01. The molecule has 0 bridgehead atoms. The second-order valence-electron chi connectivity index (χ2n) is 5.08. The molecule has 0 radical (unpaired) electrons. The summed E-state index contributed by atoms with van der Waals surface area (Å²) in [5.41, 5.74) is 0.727. The number of benzene rings is 2. The minimum Gasteiger partial charge on any atom is -0.506 e. The lowest BCUT2D eigenvalue weighted by molar-refractivity contribution is 0.258. The van der Waals surface area contributed by atoms with Crippen molar-refractivity contribution >= 4 is 23.5 Å². The summed E-state index contributed by atoms with van der Waals surface area (Å²) in [6.07, 6.45) is 0. The van der Waals surface area contributed by atoms with Gasteiger partial charge in [-0.25, -0.2) is 0 Å². The molecule has 0 amide bonds. The highest BCUT2D eigenvalue weighted by Gasteiger charge is 2.24. The molecule has 0 heterocycles. The highest BCUT2D eigenvalue weighted by molar-refractivity contribution is 7.99. The van der Waals surface area contributed by atoms with Gasteiger partial charge in [-0.3, -0.25) is 0 Å². The van der Waals surface area contributed by atoms with Gasteiger partial charge in [0, 0.05) is 14.2 Å². The van der Waals surface area contributed by atoms with Crippen LogP contribution in [0.2, 0.25) is 0 Å². The number of methoxy groups -OCH3 is 4. The molecule has 6 nitrogen and oxygen atoms in total. The van der Waals surface area contributed by atoms with Crippen LogP contribution in [-0.2, 0) is 9.47 Å². The fourth-order valence-electron chi connectivity index (χ4n) is 2.41. The van der Waals surface area contributed by atoms with Crippen LogP contribution in [0.5, 0.6) is 23.0 Å². The Kier molecular flexibility index (Phi) is 7.77. The van der Waals surface area contributed by atoms with E-state index in [9.17, 15) is 10.2 Å². The molecule has 2 N–H and O–H groups in total. The molecule has 8 heteroatoms. The zero-order valence-electron chi connectivity index (χ0n) is 15.1. The van der Waals surface area contributed by atoms with E-state index in [-0.39, 0.29) is 11.5 Å². The van der Waals surface area contributed by atoms with Gasteiger partial charge in [0.05, 0.1) is 47.0 Å². The molecule has 0 fully saturated rings. The lowest BCUT2D eigenvalue weighted by atomic mass is 10.0.